The van der Waals surface area contributed by atoms with Crippen LogP contribution in [0.5, 0.6) is 0 Å². The third kappa shape index (κ3) is 9.24. The summed E-state index contributed by atoms with van der Waals surface area (Å²) in [6, 6.07) is -0.505. The zero-order valence-corrected chi connectivity index (χ0v) is 16.2. The molecule has 0 amide bonds. The molecule has 0 bridgehead atoms. The van der Waals surface area contributed by atoms with Gasteiger partial charge in [0, 0.05) is 77.5 Å². The Morgan fingerprint density at radius 3 is 1.57 bits per heavy atom. The monoisotopic (exact) mass is 406 g/mol. The third-order valence-corrected chi connectivity index (χ3v) is 5.00. The van der Waals surface area contributed by atoms with Gasteiger partial charge in [-0.2, -0.15) is 0 Å². The van der Waals surface area contributed by atoms with Gasteiger partial charge < -0.3 is 30.8 Å². The minimum atomic E-state index is -0.923. The van der Waals surface area contributed by atoms with Gasteiger partial charge in [0.15, 0.2) is 0 Å². The summed E-state index contributed by atoms with van der Waals surface area (Å²) in [4.78, 5) is 27.7. The summed E-state index contributed by atoms with van der Waals surface area (Å²) >= 11 is 0. The first-order valence-corrected chi connectivity index (χ1v) is 9.56. The zero-order valence-electron chi connectivity index (χ0n) is 16.2. The number of hydrogen-bond donors (Lipinski definition) is 6. The Kier molecular flexibility index (Phi) is 12.1. The molecule has 1 atom stereocenters. The van der Waals surface area contributed by atoms with E-state index in [1.165, 1.54) is 0 Å². The Bertz CT molecular complexity index is 435. The molecule has 1 aliphatic rings. The fourth-order valence-corrected chi connectivity index (χ4v) is 3.37. The minimum absolute atomic E-state index is 0.103. The summed E-state index contributed by atoms with van der Waals surface area (Å²) < 4.78 is 0. The average Bonchev–Trinajstić information content (AvgIpc) is 2.63. The Labute approximate surface area is 165 Å². The van der Waals surface area contributed by atoms with Crippen molar-refractivity contribution in [1.29, 1.82) is 0 Å². The Morgan fingerprint density at radius 1 is 0.750 bits per heavy atom. The van der Waals surface area contributed by atoms with Crippen molar-refractivity contribution < 1.29 is 35.1 Å². The van der Waals surface area contributed by atoms with Crippen LogP contribution in [0.4, 0.5) is 0 Å². The highest BCUT2D eigenvalue weighted by atomic mass is 16.4. The van der Waals surface area contributed by atoms with Crippen molar-refractivity contribution in [3.8, 4) is 0 Å². The predicted octanol–water partition coefficient (Wildman–Crippen LogP) is -3.37. The minimum Gasteiger partial charge on any atom is -0.480 e. The topological polar surface area (TPSA) is 157 Å². The lowest BCUT2D eigenvalue weighted by Gasteiger charge is -2.37. The molecule has 1 aliphatic heterocycles. The molecule has 0 radical (unpaired) electrons. The molecule has 11 nitrogen and oxygen atoms in total. The summed E-state index contributed by atoms with van der Waals surface area (Å²) in [5.74, 6) is -2.39. The number of nitrogens with zero attached hydrogens (tertiary/aromatic N) is 3. The van der Waals surface area contributed by atoms with Crippen molar-refractivity contribution in [2.75, 3.05) is 85.3 Å². The standard InChI is InChI=1S/C17H34N4O7/c22-11-14(12-23)15(13-24)21-7-5-19(9-16(25)26)3-1-18-2-4-20(6-8-21)10-17(27)28/h14-15,18,22-24H,1-13H2,(H,25,26)(H,27,28). The molecule has 1 unspecified atom stereocenters. The molecule has 0 spiro atoms. The van der Waals surface area contributed by atoms with E-state index >= 15 is 0 Å². The van der Waals surface area contributed by atoms with E-state index in [1.54, 1.807) is 9.80 Å². The quantitative estimate of drug-likeness (QED) is 0.227. The van der Waals surface area contributed by atoms with Gasteiger partial charge in [0.25, 0.3) is 0 Å². The number of aliphatic hydroxyl groups excluding tert-OH is 3. The SMILES string of the molecule is O=C(O)CN1CCNCCN(CC(=O)O)CCN(C(CO)C(CO)CO)CC1. The highest BCUT2D eigenvalue weighted by Gasteiger charge is 2.27. The van der Waals surface area contributed by atoms with Crippen LogP contribution in [0, 0.1) is 5.92 Å². The average molecular weight is 406 g/mol. The predicted molar refractivity (Wildman–Crippen MR) is 101 cm³/mol. The molecule has 6 N–H and O–H groups in total. The van der Waals surface area contributed by atoms with Crippen LogP contribution in [-0.2, 0) is 9.59 Å². The van der Waals surface area contributed by atoms with Crippen LogP contribution < -0.4 is 5.32 Å². The van der Waals surface area contributed by atoms with Gasteiger partial charge in [0.2, 0.25) is 0 Å². The van der Waals surface area contributed by atoms with E-state index in [9.17, 15) is 24.9 Å². The molecule has 1 heterocycles. The van der Waals surface area contributed by atoms with Crippen LogP contribution in [0.1, 0.15) is 0 Å². The van der Waals surface area contributed by atoms with Crippen molar-refractivity contribution >= 4 is 11.9 Å². The van der Waals surface area contributed by atoms with E-state index in [0.29, 0.717) is 52.4 Å². The molecule has 28 heavy (non-hydrogen) atoms. The van der Waals surface area contributed by atoms with Gasteiger partial charge in [-0.25, -0.2) is 0 Å². The van der Waals surface area contributed by atoms with Crippen molar-refractivity contribution in [3.63, 3.8) is 0 Å². The van der Waals surface area contributed by atoms with Crippen molar-refractivity contribution in [1.82, 2.24) is 20.0 Å². The van der Waals surface area contributed by atoms with Crippen LogP contribution in [0.3, 0.4) is 0 Å². The van der Waals surface area contributed by atoms with Crippen LogP contribution >= 0.6 is 0 Å². The zero-order chi connectivity index (χ0) is 20.9. The second kappa shape index (κ2) is 13.8. The highest BCUT2D eigenvalue weighted by molar-refractivity contribution is 5.69. The van der Waals surface area contributed by atoms with E-state index < -0.39 is 23.9 Å². The Morgan fingerprint density at radius 2 is 1.21 bits per heavy atom. The summed E-state index contributed by atoms with van der Waals surface area (Å²) in [5.41, 5.74) is 0. The van der Waals surface area contributed by atoms with Gasteiger partial charge >= 0.3 is 11.9 Å². The van der Waals surface area contributed by atoms with Gasteiger partial charge in [-0.3, -0.25) is 24.3 Å². The number of aliphatic carboxylic acids is 2. The molecule has 0 aromatic heterocycles. The first kappa shape index (κ1) is 24.7. The molecule has 164 valence electrons. The van der Waals surface area contributed by atoms with Gasteiger partial charge in [-0.05, 0) is 0 Å². The lowest BCUT2D eigenvalue weighted by atomic mass is 10.0. The number of carbonyl (C=O) groups is 2. The van der Waals surface area contributed by atoms with Crippen molar-refractivity contribution in [3.05, 3.63) is 0 Å². The molecule has 11 heteroatoms. The van der Waals surface area contributed by atoms with E-state index in [0.717, 1.165) is 0 Å². The maximum Gasteiger partial charge on any atom is 0.317 e. The van der Waals surface area contributed by atoms with Crippen LogP contribution in [-0.4, -0.2) is 143 Å². The first-order valence-electron chi connectivity index (χ1n) is 9.56. The highest BCUT2D eigenvalue weighted by Crippen LogP contribution is 2.12. The van der Waals surface area contributed by atoms with E-state index in [2.05, 4.69) is 5.32 Å². The molecule has 1 saturated heterocycles. The molecule has 0 saturated carbocycles. The number of rotatable bonds is 9. The number of hydrogen-bond acceptors (Lipinski definition) is 9. The normalized spacial score (nSPS) is 20.4. The molecule has 1 rings (SSSR count). The van der Waals surface area contributed by atoms with Crippen LogP contribution in [0.15, 0.2) is 0 Å². The van der Waals surface area contributed by atoms with E-state index in [4.69, 9.17) is 10.2 Å². The largest absolute Gasteiger partial charge is 0.480 e. The van der Waals surface area contributed by atoms with Gasteiger partial charge in [-0.15, -0.1) is 0 Å². The lowest BCUT2D eigenvalue weighted by Crippen LogP contribution is -2.52. The van der Waals surface area contributed by atoms with E-state index in [1.807, 2.05) is 4.90 Å². The van der Waals surface area contributed by atoms with Gasteiger partial charge in [-0.1, -0.05) is 0 Å². The van der Waals surface area contributed by atoms with Gasteiger partial charge in [0.1, 0.15) is 0 Å². The van der Waals surface area contributed by atoms with Crippen LogP contribution in [0.2, 0.25) is 0 Å². The first-order chi connectivity index (χ1) is 13.4. The Hall–Kier alpha value is -1.34. The van der Waals surface area contributed by atoms with Crippen molar-refractivity contribution in [2.45, 2.75) is 6.04 Å². The summed E-state index contributed by atoms with van der Waals surface area (Å²) in [7, 11) is 0. The number of nitrogens with one attached hydrogen (secondary N) is 1. The smallest absolute Gasteiger partial charge is 0.317 e. The summed E-state index contributed by atoms with van der Waals surface area (Å²) in [6.07, 6.45) is 0. The van der Waals surface area contributed by atoms with Gasteiger partial charge in [0.05, 0.1) is 19.7 Å². The molecule has 0 aromatic carbocycles. The lowest BCUT2D eigenvalue weighted by molar-refractivity contribution is -0.139. The van der Waals surface area contributed by atoms with E-state index in [-0.39, 0.29) is 32.9 Å². The second-order valence-electron chi connectivity index (χ2n) is 7.00. The number of aliphatic hydroxyl groups is 3. The summed E-state index contributed by atoms with van der Waals surface area (Å²) in [6.45, 7) is 2.86. The molecule has 1 fully saturated rings. The molecular weight excluding hydrogens is 372 g/mol. The number of carboxylic acid groups (broad SMARTS) is 2. The second-order valence-corrected chi connectivity index (χ2v) is 7.00. The Balaban J connectivity index is 2.93. The summed E-state index contributed by atoms with van der Waals surface area (Å²) in [5, 5.41) is 50.3. The molecular formula is C17H34N4O7. The molecule has 0 aromatic rings. The maximum atomic E-state index is 11.1. The fraction of sp³-hybridized carbons (Fsp3) is 0.882. The van der Waals surface area contributed by atoms with Crippen molar-refractivity contribution in [2.24, 2.45) is 5.92 Å². The number of carboxylic acids is 2. The fourth-order valence-electron chi connectivity index (χ4n) is 3.37. The van der Waals surface area contributed by atoms with Crippen LogP contribution in [0.25, 0.3) is 0 Å². The third-order valence-electron chi connectivity index (χ3n) is 5.00. The maximum absolute atomic E-state index is 11.1. The molecule has 0 aliphatic carbocycles.